The van der Waals surface area contributed by atoms with Gasteiger partial charge in [0, 0.05) is 17.7 Å². The van der Waals surface area contributed by atoms with Crippen molar-refractivity contribution in [3.63, 3.8) is 0 Å². The van der Waals surface area contributed by atoms with E-state index in [2.05, 4.69) is 5.48 Å². The van der Waals surface area contributed by atoms with Crippen molar-refractivity contribution in [1.29, 1.82) is 0 Å². The minimum absolute atomic E-state index is 0.159. The van der Waals surface area contributed by atoms with Crippen molar-refractivity contribution in [3.8, 4) is 5.75 Å². The molecule has 0 aliphatic rings. The quantitative estimate of drug-likeness (QED) is 0.639. The molecule has 1 atom stereocenters. The first-order chi connectivity index (χ1) is 8.65. The molecule has 1 aromatic rings. The highest BCUT2D eigenvalue weighted by molar-refractivity contribution is 7.48. The molecule has 108 valence electrons. The average molecular weight is 328 g/mol. The van der Waals surface area contributed by atoms with Crippen LogP contribution < -0.4 is 10.0 Å². The Bertz CT molecular complexity index is 490. The Labute approximate surface area is 122 Å². The Morgan fingerprint density at radius 3 is 2.37 bits per heavy atom. The number of phosphoric acid groups is 1. The Balaban J connectivity index is 2.83. The maximum absolute atomic E-state index is 12.2. The van der Waals surface area contributed by atoms with E-state index in [1.807, 2.05) is 20.8 Å². The predicted molar refractivity (Wildman–Crippen MR) is 75.7 cm³/mol. The molecule has 0 saturated carbocycles. The lowest BCUT2D eigenvalue weighted by Crippen LogP contribution is -2.35. The lowest BCUT2D eigenvalue weighted by atomic mass is 10.1. The minimum atomic E-state index is -3.80. The summed E-state index contributed by atoms with van der Waals surface area (Å²) in [6.45, 7) is 5.51. The first-order valence-corrected chi connectivity index (χ1v) is 7.63. The van der Waals surface area contributed by atoms with Gasteiger partial charge < -0.3 is 4.52 Å². The number of halogens is 2. The highest BCUT2D eigenvalue weighted by atomic mass is 35.5. The molecular weight excluding hydrogens is 312 g/mol. The fourth-order valence-corrected chi connectivity index (χ4v) is 2.43. The molecule has 1 N–H and O–H groups in total. The van der Waals surface area contributed by atoms with E-state index in [4.69, 9.17) is 36.9 Å². The van der Waals surface area contributed by atoms with Crippen molar-refractivity contribution < 1.29 is 18.2 Å². The van der Waals surface area contributed by atoms with Crippen molar-refractivity contribution in [2.75, 3.05) is 7.11 Å². The maximum Gasteiger partial charge on any atom is 0.546 e. The lowest BCUT2D eigenvalue weighted by Gasteiger charge is -2.23. The SMILES string of the molecule is COP(=O)(ONC(C)(C)C)Oc1ccc(Cl)cc1Cl. The van der Waals surface area contributed by atoms with E-state index in [0.717, 1.165) is 0 Å². The largest absolute Gasteiger partial charge is 0.546 e. The monoisotopic (exact) mass is 327 g/mol. The molecule has 0 aromatic heterocycles. The van der Waals surface area contributed by atoms with Gasteiger partial charge in [0.15, 0.2) is 0 Å². The van der Waals surface area contributed by atoms with Crippen LogP contribution in [0.15, 0.2) is 18.2 Å². The van der Waals surface area contributed by atoms with Gasteiger partial charge >= 0.3 is 7.82 Å². The van der Waals surface area contributed by atoms with Gasteiger partial charge in [-0.05, 0) is 39.0 Å². The molecule has 1 unspecified atom stereocenters. The number of hydrogen-bond acceptors (Lipinski definition) is 5. The van der Waals surface area contributed by atoms with Gasteiger partial charge in [-0.15, -0.1) is 0 Å². The first-order valence-electron chi connectivity index (χ1n) is 5.41. The van der Waals surface area contributed by atoms with Gasteiger partial charge in [-0.25, -0.2) is 4.57 Å². The van der Waals surface area contributed by atoms with Crippen LogP contribution in [0.5, 0.6) is 5.75 Å². The molecule has 1 rings (SSSR count). The van der Waals surface area contributed by atoms with E-state index in [1.165, 1.54) is 19.2 Å². The lowest BCUT2D eigenvalue weighted by molar-refractivity contribution is 0.0689. The summed E-state index contributed by atoms with van der Waals surface area (Å²) in [5.74, 6) is 0.159. The number of hydroxylamine groups is 1. The van der Waals surface area contributed by atoms with Crippen LogP contribution in [0, 0.1) is 0 Å². The van der Waals surface area contributed by atoms with Crippen LogP contribution in [0.1, 0.15) is 20.8 Å². The zero-order chi connectivity index (χ0) is 14.7. The third-order valence-corrected chi connectivity index (χ3v) is 3.50. The molecule has 0 radical (unpaired) electrons. The minimum Gasteiger partial charge on any atom is -0.401 e. The van der Waals surface area contributed by atoms with Crippen LogP contribution in [-0.4, -0.2) is 12.6 Å². The number of phosphoric ester groups is 1. The summed E-state index contributed by atoms with van der Waals surface area (Å²) < 4.78 is 27.2. The molecule has 0 aliphatic heterocycles. The highest BCUT2D eigenvalue weighted by Crippen LogP contribution is 2.49. The fraction of sp³-hybridized carbons (Fsp3) is 0.455. The molecule has 0 spiro atoms. The van der Waals surface area contributed by atoms with Gasteiger partial charge in [-0.2, -0.15) is 10.1 Å². The summed E-state index contributed by atoms with van der Waals surface area (Å²) in [5, 5.41) is 0.655. The molecule has 0 bridgehead atoms. The zero-order valence-corrected chi connectivity index (χ0v) is 13.5. The van der Waals surface area contributed by atoms with Crippen molar-refractivity contribution in [2.45, 2.75) is 26.3 Å². The van der Waals surface area contributed by atoms with Crippen molar-refractivity contribution in [3.05, 3.63) is 28.2 Å². The van der Waals surface area contributed by atoms with E-state index >= 15 is 0 Å². The van der Waals surface area contributed by atoms with Gasteiger partial charge in [0.05, 0.1) is 5.02 Å². The van der Waals surface area contributed by atoms with E-state index in [0.29, 0.717) is 5.02 Å². The average Bonchev–Trinajstić information content (AvgIpc) is 2.30. The van der Waals surface area contributed by atoms with Crippen LogP contribution in [0.4, 0.5) is 0 Å². The molecule has 19 heavy (non-hydrogen) atoms. The van der Waals surface area contributed by atoms with Crippen molar-refractivity contribution >= 4 is 31.0 Å². The molecule has 0 heterocycles. The van der Waals surface area contributed by atoms with Gasteiger partial charge in [-0.1, -0.05) is 23.2 Å². The van der Waals surface area contributed by atoms with Gasteiger partial charge in [0.1, 0.15) is 5.75 Å². The second-order valence-electron chi connectivity index (χ2n) is 4.74. The fourth-order valence-electron chi connectivity index (χ4n) is 0.956. The van der Waals surface area contributed by atoms with Gasteiger partial charge in [-0.3, -0.25) is 4.52 Å². The maximum atomic E-state index is 12.2. The first kappa shape index (κ1) is 16.8. The Hall–Kier alpha value is -0.290. The van der Waals surface area contributed by atoms with E-state index in [9.17, 15) is 4.57 Å². The summed E-state index contributed by atoms with van der Waals surface area (Å²) >= 11 is 11.7. The number of nitrogens with one attached hydrogen (secondary N) is 1. The van der Waals surface area contributed by atoms with E-state index in [1.54, 1.807) is 6.07 Å². The second kappa shape index (κ2) is 6.44. The molecule has 1 aromatic carbocycles. The second-order valence-corrected chi connectivity index (χ2v) is 7.21. The third kappa shape index (κ3) is 5.69. The molecule has 0 amide bonds. The van der Waals surface area contributed by atoms with Gasteiger partial charge in [0.2, 0.25) is 0 Å². The van der Waals surface area contributed by atoms with E-state index in [-0.39, 0.29) is 10.8 Å². The molecule has 0 aliphatic carbocycles. The number of hydrogen-bond donors (Lipinski definition) is 1. The molecule has 8 heteroatoms. The van der Waals surface area contributed by atoms with Crippen LogP contribution in [0.25, 0.3) is 0 Å². The highest BCUT2D eigenvalue weighted by Gasteiger charge is 2.30. The number of benzene rings is 1. The molecule has 0 fully saturated rings. The molecule has 0 saturated heterocycles. The summed E-state index contributed by atoms with van der Waals surface area (Å²) in [4.78, 5) is 0. The molecular formula is C11H16Cl2NO4P. The van der Waals surface area contributed by atoms with Crippen molar-refractivity contribution in [1.82, 2.24) is 5.48 Å². The summed E-state index contributed by atoms with van der Waals surface area (Å²) in [5.41, 5.74) is 2.17. The summed E-state index contributed by atoms with van der Waals surface area (Å²) in [6.07, 6.45) is 0. The van der Waals surface area contributed by atoms with Crippen LogP contribution in [0.3, 0.4) is 0 Å². The smallest absolute Gasteiger partial charge is 0.401 e. The summed E-state index contributed by atoms with van der Waals surface area (Å²) in [6, 6.07) is 4.51. The number of rotatable bonds is 5. The Kier molecular flexibility index (Phi) is 5.68. The zero-order valence-electron chi connectivity index (χ0n) is 11.1. The topological polar surface area (TPSA) is 56.8 Å². The van der Waals surface area contributed by atoms with Crippen LogP contribution in [-0.2, 0) is 13.7 Å². The Morgan fingerprint density at radius 2 is 1.89 bits per heavy atom. The van der Waals surface area contributed by atoms with Crippen LogP contribution >= 0.6 is 31.0 Å². The van der Waals surface area contributed by atoms with Gasteiger partial charge in [0.25, 0.3) is 0 Å². The summed E-state index contributed by atoms with van der Waals surface area (Å²) in [7, 11) is -2.58. The van der Waals surface area contributed by atoms with Crippen LogP contribution in [0.2, 0.25) is 10.0 Å². The normalized spacial score (nSPS) is 15.1. The Morgan fingerprint density at radius 1 is 1.26 bits per heavy atom. The van der Waals surface area contributed by atoms with E-state index < -0.39 is 13.4 Å². The van der Waals surface area contributed by atoms with Crippen molar-refractivity contribution in [2.24, 2.45) is 0 Å². The predicted octanol–water partition coefficient (Wildman–Crippen LogP) is 4.45. The standard InChI is InChI=1S/C11H16Cl2NO4P/c1-11(2,3)14-18-19(15,16-4)17-10-6-5-8(12)7-9(10)13/h5-7,14H,1-4H3. The third-order valence-electron chi connectivity index (χ3n) is 1.79. The molecule has 5 nitrogen and oxygen atoms in total.